The van der Waals surface area contributed by atoms with Crippen LogP contribution in [0.4, 0.5) is 0 Å². The maximum atomic E-state index is 13.3. The van der Waals surface area contributed by atoms with Crippen LogP contribution in [0, 0.1) is 6.92 Å². The van der Waals surface area contributed by atoms with Gasteiger partial charge in [0, 0.05) is 16.0 Å². The lowest BCUT2D eigenvalue weighted by Crippen LogP contribution is -2.41. The molecule has 0 aliphatic rings. The molecule has 0 aliphatic heterocycles. The van der Waals surface area contributed by atoms with Crippen molar-refractivity contribution in [3.05, 3.63) is 99.0 Å². The summed E-state index contributed by atoms with van der Waals surface area (Å²) in [6.07, 6.45) is 0. The maximum Gasteiger partial charge on any atom is 0.243 e. The van der Waals surface area contributed by atoms with Crippen molar-refractivity contribution in [3.63, 3.8) is 0 Å². The fraction of sp³-hybridized carbons (Fsp3) is 0.208. The van der Waals surface area contributed by atoms with Crippen LogP contribution < -0.4 is 5.32 Å². The Morgan fingerprint density at radius 3 is 2.34 bits per heavy atom. The van der Waals surface area contributed by atoms with Crippen LogP contribution in [-0.4, -0.2) is 25.2 Å². The average Bonchev–Trinajstić information content (AvgIpc) is 2.75. The molecule has 0 radical (unpaired) electrons. The standard InChI is InChI=1S/C24H24BrClN2O3S/c1-17-6-8-19(9-7-17)15-28(32(30,31)23-12-10-22(26)11-13-23)16-24(29)27-18(2)20-4-3-5-21(25)14-20/h3-14,18H,15-16H2,1-2H3,(H,27,29)/t18-/m1/s1. The van der Waals surface area contributed by atoms with E-state index < -0.39 is 10.0 Å². The van der Waals surface area contributed by atoms with Gasteiger partial charge in [0.05, 0.1) is 17.5 Å². The van der Waals surface area contributed by atoms with Crippen molar-refractivity contribution >= 4 is 43.5 Å². The number of carbonyl (C=O) groups is 1. The van der Waals surface area contributed by atoms with E-state index in [4.69, 9.17) is 11.6 Å². The fourth-order valence-electron chi connectivity index (χ4n) is 3.19. The van der Waals surface area contributed by atoms with Crippen LogP contribution in [0.5, 0.6) is 0 Å². The first kappa shape index (κ1) is 24.5. The summed E-state index contributed by atoms with van der Waals surface area (Å²) in [6, 6.07) is 20.8. The van der Waals surface area contributed by atoms with Crippen molar-refractivity contribution in [2.24, 2.45) is 0 Å². The number of nitrogens with zero attached hydrogens (tertiary/aromatic N) is 1. The minimum atomic E-state index is -3.92. The van der Waals surface area contributed by atoms with Gasteiger partial charge in [0.15, 0.2) is 0 Å². The van der Waals surface area contributed by atoms with E-state index in [2.05, 4.69) is 21.2 Å². The lowest BCUT2D eigenvalue weighted by molar-refractivity contribution is -0.122. The van der Waals surface area contributed by atoms with Crippen LogP contribution in [0.25, 0.3) is 0 Å². The third-order valence-electron chi connectivity index (χ3n) is 4.98. The van der Waals surface area contributed by atoms with Gasteiger partial charge in [0.2, 0.25) is 15.9 Å². The van der Waals surface area contributed by atoms with E-state index in [1.807, 2.05) is 62.4 Å². The number of sulfonamides is 1. The summed E-state index contributed by atoms with van der Waals surface area (Å²) < 4.78 is 28.8. The molecule has 1 amide bonds. The van der Waals surface area contributed by atoms with E-state index in [1.54, 1.807) is 0 Å². The summed E-state index contributed by atoms with van der Waals surface area (Å²) in [5, 5.41) is 3.33. The molecule has 3 rings (SSSR count). The number of benzene rings is 3. The number of carbonyl (C=O) groups excluding carboxylic acids is 1. The number of amides is 1. The number of hydrogen-bond acceptors (Lipinski definition) is 3. The second-order valence-electron chi connectivity index (χ2n) is 7.56. The second-order valence-corrected chi connectivity index (χ2v) is 10.8. The van der Waals surface area contributed by atoms with Crippen molar-refractivity contribution in [2.45, 2.75) is 31.3 Å². The average molecular weight is 536 g/mol. The van der Waals surface area contributed by atoms with Gasteiger partial charge in [0.1, 0.15) is 0 Å². The van der Waals surface area contributed by atoms with Crippen molar-refractivity contribution in [1.29, 1.82) is 0 Å². The molecule has 5 nitrogen and oxygen atoms in total. The zero-order valence-electron chi connectivity index (χ0n) is 17.8. The first-order valence-corrected chi connectivity index (χ1v) is 12.6. The highest BCUT2D eigenvalue weighted by Crippen LogP contribution is 2.22. The molecule has 0 saturated heterocycles. The van der Waals surface area contributed by atoms with E-state index >= 15 is 0 Å². The van der Waals surface area contributed by atoms with Crippen molar-refractivity contribution < 1.29 is 13.2 Å². The second kappa shape index (κ2) is 10.6. The summed E-state index contributed by atoms with van der Waals surface area (Å²) in [7, 11) is -3.92. The lowest BCUT2D eigenvalue weighted by Gasteiger charge is -2.23. The van der Waals surface area contributed by atoms with E-state index in [9.17, 15) is 13.2 Å². The van der Waals surface area contributed by atoms with Gasteiger partial charge in [-0.15, -0.1) is 0 Å². The molecule has 0 aromatic heterocycles. The molecule has 0 fully saturated rings. The van der Waals surface area contributed by atoms with Gasteiger partial charge in [-0.05, 0) is 61.4 Å². The molecule has 0 bridgehead atoms. The molecule has 0 aliphatic carbocycles. The Labute approximate surface area is 202 Å². The van der Waals surface area contributed by atoms with Crippen LogP contribution in [0.3, 0.4) is 0 Å². The van der Waals surface area contributed by atoms with Gasteiger partial charge in [-0.2, -0.15) is 4.31 Å². The number of hydrogen-bond donors (Lipinski definition) is 1. The molecule has 0 spiro atoms. The Balaban J connectivity index is 1.83. The fourth-order valence-corrected chi connectivity index (χ4v) is 5.11. The molecule has 0 heterocycles. The van der Waals surface area contributed by atoms with E-state index in [1.165, 1.54) is 28.6 Å². The molecular weight excluding hydrogens is 512 g/mol. The number of aryl methyl sites for hydroxylation is 1. The van der Waals surface area contributed by atoms with Gasteiger partial charge >= 0.3 is 0 Å². The molecule has 1 atom stereocenters. The number of nitrogens with one attached hydrogen (secondary N) is 1. The molecular formula is C24H24BrClN2O3S. The summed E-state index contributed by atoms with van der Waals surface area (Å²) in [5.74, 6) is -0.387. The predicted molar refractivity (Wildman–Crippen MR) is 131 cm³/mol. The SMILES string of the molecule is Cc1ccc(CN(CC(=O)N[C@H](C)c2cccc(Br)c2)S(=O)(=O)c2ccc(Cl)cc2)cc1. The Bertz CT molecular complexity index is 1180. The third kappa shape index (κ3) is 6.42. The Morgan fingerprint density at radius 2 is 1.72 bits per heavy atom. The number of rotatable bonds is 8. The Kier molecular flexibility index (Phi) is 8.11. The minimum absolute atomic E-state index is 0.0733. The quantitative estimate of drug-likeness (QED) is 0.415. The van der Waals surface area contributed by atoms with Crippen LogP contribution >= 0.6 is 27.5 Å². The zero-order valence-corrected chi connectivity index (χ0v) is 20.9. The molecule has 8 heteroatoms. The van der Waals surface area contributed by atoms with Crippen molar-refractivity contribution in [3.8, 4) is 0 Å². The van der Waals surface area contributed by atoms with Crippen molar-refractivity contribution in [2.75, 3.05) is 6.54 Å². The highest BCUT2D eigenvalue weighted by atomic mass is 79.9. The molecule has 1 N–H and O–H groups in total. The largest absolute Gasteiger partial charge is 0.348 e. The van der Waals surface area contributed by atoms with E-state index in [-0.39, 0.29) is 29.9 Å². The van der Waals surface area contributed by atoms with E-state index in [0.717, 1.165) is 21.2 Å². The lowest BCUT2D eigenvalue weighted by atomic mass is 10.1. The first-order valence-electron chi connectivity index (χ1n) is 10.0. The van der Waals surface area contributed by atoms with Gasteiger partial charge in [-0.3, -0.25) is 4.79 Å². The predicted octanol–water partition coefficient (Wildman–Crippen LogP) is 5.48. The molecule has 3 aromatic rings. The van der Waals surface area contributed by atoms with Crippen LogP contribution in [-0.2, 0) is 21.4 Å². The topological polar surface area (TPSA) is 66.5 Å². The van der Waals surface area contributed by atoms with Gasteiger partial charge < -0.3 is 5.32 Å². The molecule has 32 heavy (non-hydrogen) atoms. The van der Waals surface area contributed by atoms with Crippen LogP contribution in [0.15, 0.2) is 82.2 Å². The van der Waals surface area contributed by atoms with Crippen LogP contribution in [0.2, 0.25) is 5.02 Å². The summed E-state index contributed by atoms with van der Waals surface area (Å²) in [5.41, 5.74) is 2.78. The van der Waals surface area contributed by atoms with Gasteiger partial charge in [-0.1, -0.05) is 69.5 Å². The first-order chi connectivity index (χ1) is 15.1. The molecule has 3 aromatic carbocycles. The minimum Gasteiger partial charge on any atom is -0.348 e. The van der Waals surface area contributed by atoms with E-state index in [0.29, 0.717) is 5.02 Å². The van der Waals surface area contributed by atoms with Gasteiger partial charge in [0.25, 0.3) is 0 Å². The molecule has 0 saturated carbocycles. The highest BCUT2D eigenvalue weighted by molar-refractivity contribution is 9.10. The number of halogens is 2. The molecule has 0 unspecified atom stereocenters. The zero-order chi connectivity index (χ0) is 23.3. The summed E-state index contributed by atoms with van der Waals surface area (Å²) in [4.78, 5) is 12.9. The Hall–Kier alpha value is -2.19. The summed E-state index contributed by atoms with van der Waals surface area (Å²) >= 11 is 9.35. The Morgan fingerprint density at radius 1 is 1.06 bits per heavy atom. The van der Waals surface area contributed by atoms with Crippen molar-refractivity contribution in [1.82, 2.24) is 9.62 Å². The molecule has 168 valence electrons. The van der Waals surface area contributed by atoms with Gasteiger partial charge in [-0.25, -0.2) is 8.42 Å². The monoisotopic (exact) mass is 534 g/mol. The normalized spacial score (nSPS) is 12.5. The highest BCUT2D eigenvalue weighted by Gasteiger charge is 2.27. The third-order valence-corrected chi connectivity index (χ3v) is 7.53. The maximum absolute atomic E-state index is 13.3. The smallest absolute Gasteiger partial charge is 0.243 e. The summed E-state index contributed by atoms with van der Waals surface area (Å²) in [6.45, 7) is 3.58. The van der Waals surface area contributed by atoms with Crippen LogP contribution in [0.1, 0.15) is 29.7 Å².